The van der Waals surface area contributed by atoms with Crippen LogP contribution in [0.4, 0.5) is 19.0 Å². The number of hydrogen-bond acceptors (Lipinski definition) is 7. The van der Waals surface area contributed by atoms with Gasteiger partial charge in [-0.2, -0.15) is 0 Å². The summed E-state index contributed by atoms with van der Waals surface area (Å²) in [6, 6.07) is 5.02. The van der Waals surface area contributed by atoms with Crippen LogP contribution in [0, 0.1) is 0 Å². The molecule has 3 aromatic rings. The summed E-state index contributed by atoms with van der Waals surface area (Å²) in [4.78, 5) is 4.13. The fourth-order valence-electron chi connectivity index (χ4n) is 3.70. The standard InChI is InChI=1S/C20H19F3N4O3/c21-20(22,23)30-13-4-5-15(17(29)9-13)18-14-6-7-24-10-16(14)19(27-26-18)25-11-2-1-3-12(28)8-11/h4-7,9-12,28-29H,1-3,8H2,(H,25,27)/t11-,12-/m1/s1. The van der Waals surface area contributed by atoms with Crippen molar-refractivity contribution in [1.82, 2.24) is 15.2 Å². The molecule has 0 bridgehead atoms. The maximum absolute atomic E-state index is 12.4. The minimum Gasteiger partial charge on any atom is -0.507 e. The zero-order valence-electron chi connectivity index (χ0n) is 15.7. The molecule has 158 valence electrons. The number of phenolic OH excluding ortho intramolecular Hbond substituents is 1. The van der Waals surface area contributed by atoms with Gasteiger partial charge in [-0.3, -0.25) is 4.98 Å². The summed E-state index contributed by atoms with van der Waals surface area (Å²) in [7, 11) is 0. The van der Waals surface area contributed by atoms with Crippen LogP contribution in [0.25, 0.3) is 22.0 Å². The van der Waals surface area contributed by atoms with E-state index in [4.69, 9.17) is 0 Å². The van der Waals surface area contributed by atoms with Gasteiger partial charge in [-0.05, 0) is 43.9 Å². The maximum Gasteiger partial charge on any atom is 0.573 e. The third-order valence-corrected chi connectivity index (χ3v) is 5.03. The third kappa shape index (κ3) is 4.38. The molecule has 2 heterocycles. The van der Waals surface area contributed by atoms with E-state index in [2.05, 4.69) is 25.2 Å². The molecule has 1 saturated carbocycles. The van der Waals surface area contributed by atoms with E-state index >= 15 is 0 Å². The summed E-state index contributed by atoms with van der Waals surface area (Å²) in [5.41, 5.74) is 0.519. The zero-order valence-corrected chi connectivity index (χ0v) is 15.7. The van der Waals surface area contributed by atoms with Crippen LogP contribution in [0.2, 0.25) is 0 Å². The number of aromatic hydroxyl groups is 1. The van der Waals surface area contributed by atoms with Gasteiger partial charge in [0.2, 0.25) is 0 Å². The maximum atomic E-state index is 12.4. The van der Waals surface area contributed by atoms with Gasteiger partial charge in [0.05, 0.1) is 6.10 Å². The van der Waals surface area contributed by atoms with Crippen molar-refractivity contribution >= 4 is 16.6 Å². The normalized spacial score (nSPS) is 19.6. The highest BCUT2D eigenvalue weighted by Crippen LogP contribution is 2.37. The van der Waals surface area contributed by atoms with E-state index < -0.39 is 17.9 Å². The Hall–Kier alpha value is -3.14. The van der Waals surface area contributed by atoms with Gasteiger partial charge in [0.15, 0.2) is 5.82 Å². The molecule has 1 aromatic carbocycles. The highest BCUT2D eigenvalue weighted by molar-refractivity contribution is 6.00. The van der Waals surface area contributed by atoms with E-state index in [1.807, 2.05) is 0 Å². The van der Waals surface area contributed by atoms with E-state index in [1.165, 1.54) is 6.07 Å². The molecular weight excluding hydrogens is 401 g/mol. The van der Waals surface area contributed by atoms with Gasteiger partial charge in [-0.15, -0.1) is 23.4 Å². The van der Waals surface area contributed by atoms with E-state index in [0.29, 0.717) is 28.7 Å². The van der Waals surface area contributed by atoms with Crippen LogP contribution in [0.5, 0.6) is 11.5 Å². The van der Waals surface area contributed by atoms with E-state index in [9.17, 15) is 23.4 Å². The minimum absolute atomic E-state index is 0.0458. The first-order chi connectivity index (χ1) is 14.3. The van der Waals surface area contributed by atoms with Gasteiger partial charge in [-0.25, -0.2) is 0 Å². The number of aromatic nitrogens is 3. The number of aliphatic hydroxyl groups excluding tert-OH is 1. The summed E-state index contributed by atoms with van der Waals surface area (Å²) < 4.78 is 41.1. The Morgan fingerprint density at radius 2 is 1.93 bits per heavy atom. The number of ether oxygens (including phenoxy) is 1. The predicted molar refractivity (Wildman–Crippen MR) is 103 cm³/mol. The van der Waals surface area contributed by atoms with Crippen LogP contribution in [-0.2, 0) is 0 Å². The molecule has 10 heteroatoms. The van der Waals surface area contributed by atoms with Crippen molar-refractivity contribution in [1.29, 1.82) is 0 Å². The number of benzene rings is 1. The third-order valence-electron chi connectivity index (χ3n) is 5.03. The monoisotopic (exact) mass is 420 g/mol. The highest BCUT2D eigenvalue weighted by Gasteiger charge is 2.31. The van der Waals surface area contributed by atoms with Gasteiger partial charge in [-0.1, -0.05) is 0 Å². The first-order valence-corrected chi connectivity index (χ1v) is 9.44. The molecule has 3 N–H and O–H groups in total. The first kappa shape index (κ1) is 20.1. The van der Waals surface area contributed by atoms with Gasteiger partial charge >= 0.3 is 6.36 Å². The van der Waals surface area contributed by atoms with Crippen molar-refractivity contribution in [3.05, 3.63) is 36.7 Å². The van der Waals surface area contributed by atoms with Gasteiger partial charge < -0.3 is 20.3 Å². The number of pyridine rings is 1. The fourth-order valence-corrected chi connectivity index (χ4v) is 3.70. The van der Waals surface area contributed by atoms with Crippen LogP contribution in [0.15, 0.2) is 36.7 Å². The Morgan fingerprint density at radius 1 is 1.10 bits per heavy atom. The Kier molecular flexibility index (Phi) is 5.33. The van der Waals surface area contributed by atoms with Crippen molar-refractivity contribution < 1.29 is 28.1 Å². The smallest absolute Gasteiger partial charge is 0.507 e. The van der Waals surface area contributed by atoms with Gasteiger partial charge in [0.25, 0.3) is 0 Å². The number of fused-ring (bicyclic) bond motifs is 1. The molecule has 0 spiro atoms. The lowest BCUT2D eigenvalue weighted by Gasteiger charge is -2.27. The van der Waals surface area contributed by atoms with Crippen LogP contribution in [0.1, 0.15) is 25.7 Å². The second-order valence-corrected chi connectivity index (χ2v) is 7.21. The molecule has 7 nitrogen and oxygen atoms in total. The van der Waals surface area contributed by atoms with E-state index in [-0.39, 0.29) is 17.7 Å². The molecule has 2 atom stereocenters. The Bertz CT molecular complexity index is 1060. The first-order valence-electron chi connectivity index (χ1n) is 9.44. The Morgan fingerprint density at radius 3 is 2.67 bits per heavy atom. The second-order valence-electron chi connectivity index (χ2n) is 7.21. The van der Waals surface area contributed by atoms with Crippen molar-refractivity contribution in [2.45, 2.75) is 44.2 Å². The topological polar surface area (TPSA) is 100 Å². The van der Waals surface area contributed by atoms with Gasteiger partial charge in [0.1, 0.15) is 17.2 Å². The summed E-state index contributed by atoms with van der Waals surface area (Å²) in [5, 5.41) is 33.2. The number of hydrogen-bond donors (Lipinski definition) is 3. The average Bonchev–Trinajstić information content (AvgIpc) is 2.68. The number of nitrogens with zero attached hydrogens (tertiary/aromatic N) is 3. The quantitative estimate of drug-likeness (QED) is 0.586. The Balaban J connectivity index is 1.69. The molecule has 1 aliphatic carbocycles. The molecule has 30 heavy (non-hydrogen) atoms. The highest BCUT2D eigenvalue weighted by atomic mass is 19.4. The van der Waals surface area contributed by atoms with Crippen molar-refractivity contribution in [3.63, 3.8) is 0 Å². The van der Waals surface area contributed by atoms with E-state index in [0.717, 1.165) is 31.4 Å². The number of phenols is 1. The summed E-state index contributed by atoms with van der Waals surface area (Å²) in [6.45, 7) is 0. The molecule has 0 radical (unpaired) electrons. The SMILES string of the molecule is Oc1cc(OC(F)(F)F)ccc1-c1nnc(N[C@@H]2CCC[C@@H](O)C2)c2cnccc12. The number of alkyl halides is 3. The van der Waals surface area contributed by atoms with Crippen molar-refractivity contribution in [2.24, 2.45) is 0 Å². The Labute approximate surface area is 169 Å². The molecule has 0 aliphatic heterocycles. The molecule has 0 saturated heterocycles. The molecule has 0 amide bonds. The van der Waals surface area contributed by atoms with Crippen LogP contribution < -0.4 is 10.1 Å². The van der Waals surface area contributed by atoms with Gasteiger partial charge in [0, 0.05) is 40.8 Å². The average molecular weight is 420 g/mol. The molecule has 0 unspecified atom stereocenters. The molecule has 4 rings (SSSR count). The number of anilines is 1. The van der Waals surface area contributed by atoms with Crippen molar-refractivity contribution in [2.75, 3.05) is 5.32 Å². The number of halogens is 3. The largest absolute Gasteiger partial charge is 0.573 e. The zero-order chi connectivity index (χ0) is 21.3. The summed E-state index contributed by atoms with van der Waals surface area (Å²) in [6.07, 6.45) is 1.12. The number of aliphatic hydroxyl groups is 1. The molecule has 2 aromatic heterocycles. The lowest BCUT2D eigenvalue weighted by atomic mass is 9.93. The van der Waals surface area contributed by atoms with Crippen molar-refractivity contribution in [3.8, 4) is 22.8 Å². The summed E-state index contributed by atoms with van der Waals surface area (Å²) in [5.74, 6) is -0.449. The number of rotatable bonds is 4. The van der Waals surface area contributed by atoms with E-state index in [1.54, 1.807) is 18.5 Å². The molecule has 1 fully saturated rings. The van der Waals surface area contributed by atoms with Crippen LogP contribution >= 0.6 is 0 Å². The lowest BCUT2D eigenvalue weighted by Crippen LogP contribution is -2.30. The predicted octanol–water partition coefficient (Wildman–Crippen LogP) is 4.01. The van der Waals surface area contributed by atoms with Crippen LogP contribution in [0.3, 0.4) is 0 Å². The summed E-state index contributed by atoms with van der Waals surface area (Å²) >= 11 is 0. The van der Waals surface area contributed by atoms with Crippen LogP contribution in [-0.4, -0.2) is 43.9 Å². The fraction of sp³-hybridized carbons (Fsp3) is 0.350. The minimum atomic E-state index is -4.86. The number of nitrogens with one attached hydrogen (secondary N) is 1. The lowest BCUT2D eigenvalue weighted by molar-refractivity contribution is -0.274. The molecule has 1 aliphatic rings. The second kappa shape index (κ2) is 7.94. The molecular formula is C20H19F3N4O3.